The molecular formula is C12H12N2O4S. The van der Waals surface area contributed by atoms with E-state index in [0.717, 1.165) is 0 Å². The Morgan fingerprint density at radius 1 is 1.37 bits per heavy atom. The van der Waals surface area contributed by atoms with Crippen LogP contribution in [0.25, 0.3) is 5.69 Å². The minimum atomic E-state index is -1.30. The van der Waals surface area contributed by atoms with Gasteiger partial charge in [0.1, 0.15) is 4.88 Å². The van der Waals surface area contributed by atoms with Crippen molar-refractivity contribution in [3.05, 3.63) is 40.8 Å². The lowest BCUT2D eigenvalue weighted by Gasteiger charge is -2.12. The molecule has 7 heteroatoms. The van der Waals surface area contributed by atoms with Gasteiger partial charge < -0.3 is 20.1 Å². The van der Waals surface area contributed by atoms with Crippen molar-refractivity contribution in [2.45, 2.75) is 6.04 Å². The lowest BCUT2D eigenvalue weighted by Crippen LogP contribution is -2.43. The molecule has 1 unspecified atom stereocenters. The Hall–Kier alpha value is -2.12. The third-order valence-electron chi connectivity index (χ3n) is 2.52. The molecule has 0 saturated heterocycles. The first-order valence-electron chi connectivity index (χ1n) is 5.49. The summed E-state index contributed by atoms with van der Waals surface area (Å²) in [5.41, 5.74) is 0.676. The van der Waals surface area contributed by atoms with Gasteiger partial charge in [0, 0.05) is 12.4 Å². The number of carbonyl (C=O) groups is 2. The Labute approximate surface area is 112 Å². The normalized spacial score (nSPS) is 12.1. The number of rotatable bonds is 5. The summed E-state index contributed by atoms with van der Waals surface area (Å²) in [7, 11) is 0. The molecule has 0 fully saturated rings. The van der Waals surface area contributed by atoms with E-state index in [4.69, 9.17) is 10.2 Å². The highest BCUT2D eigenvalue weighted by atomic mass is 32.1. The number of aliphatic hydroxyl groups is 1. The number of nitrogens with zero attached hydrogens (tertiary/aromatic N) is 1. The van der Waals surface area contributed by atoms with Gasteiger partial charge in [0.05, 0.1) is 12.3 Å². The molecule has 0 aliphatic carbocycles. The fourth-order valence-electron chi connectivity index (χ4n) is 1.58. The predicted molar refractivity (Wildman–Crippen MR) is 69.6 cm³/mol. The van der Waals surface area contributed by atoms with E-state index in [9.17, 15) is 9.59 Å². The summed E-state index contributed by atoms with van der Waals surface area (Å²) in [4.78, 5) is 23.2. The van der Waals surface area contributed by atoms with E-state index in [-0.39, 0.29) is 0 Å². The molecule has 1 amide bonds. The van der Waals surface area contributed by atoms with Gasteiger partial charge in [-0.2, -0.15) is 0 Å². The first-order chi connectivity index (χ1) is 9.13. The number of thiophene rings is 1. The second-order valence-electron chi connectivity index (χ2n) is 3.77. The lowest BCUT2D eigenvalue weighted by molar-refractivity contribution is -0.140. The molecule has 1 atom stereocenters. The topological polar surface area (TPSA) is 91.6 Å². The SMILES string of the molecule is O=C(NC(CO)C(=O)O)c1sccc1-n1cccc1. The number of carboxylic acid groups (broad SMARTS) is 1. The van der Waals surface area contributed by atoms with Crippen molar-refractivity contribution in [1.82, 2.24) is 9.88 Å². The van der Waals surface area contributed by atoms with Crippen LogP contribution in [0, 0.1) is 0 Å². The molecule has 0 bridgehead atoms. The minimum Gasteiger partial charge on any atom is -0.480 e. The Kier molecular flexibility index (Phi) is 3.98. The van der Waals surface area contributed by atoms with E-state index < -0.39 is 24.5 Å². The third kappa shape index (κ3) is 2.83. The van der Waals surface area contributed by atoms with Gasteiger partial charge >= 0.3 is 5.97 Å². The Bertz CT molecular complexity index is 576. The molecule has 0 saturated carbocycles. The number of hydrogen-bond donors (Lipinski definition) is 3. The number of hydrogen-bond acceptors (Lipinski definition) is 4. The lowest BCUT2D eigenvalue weighted by atomic mass is 10.3. The number of nitrogens with one attached hydrogen (secondary N) is 1. The number of aliphatic hydroxyl groups excluding tert-OH is 1. The third-order valence-corrected chi connectivity index (χ3v) is 3.42. The second kappa shape index (κ2) is 5.68. The van der Waals surface area contributed by atoms with Crippen molar-refractivity contribution in [3.63, 3.8) is 0 Å². The quantitative estimate of drug-likeness (QED) is 0.752. The number of carbonyl (C=O) groups excluding carboxylic acids is 1. The Balaban J connectivity index is 2.21. The molecule has 2 heterocycles. The fraction of sp³-hybridized carbons (Fsp3) is 0.167. The minimum absolute atomic E-state index is 0.399. The second-order valence-corrected chi connectivity index (χ2v) is 4.69. The summed E-state index contributed by atoms with van der Waals surface area (Å²) in [6.45, 7) is -0.648. The maximum Gasteiger partial charge on any atom is 0.328 e. The van der Waals surface area contributed by atoms with Crippen LogP contribution in [0.15, 0.2) is 36.0 Å². The Morgan fingerprint density at radius 3 is 2.63 bits per heavy atom. The van der Waals surface area contributed by atoms with E-state index in [2.05, 4.69) is 5.32 Å². The highest BCUT2D eigenvalue weighted by Crippen LogP contribution is 2.21. The standard InChI is InChI=1S/C12H12N2O4S/c15-7-8(12(17)18)13-11(16)10-9(3-6-19-10)14-4-1-2-5-14/h1-6,8,15H,7H2,(H,13,16)(H,17,18). The van der Waals surface area contributed by atoms with Gasteiger partial charge in [0.2, 0.25) is 0 Å². The van der Waals surface area contributed by atoms with Crippen LogP contribution < -0.4 is 5.32 Å². The molecule has 2 aromatic rings. The van der Waals surface area contributed by atoms with Crippen LogP contribution in [0.3, 0.4) is 0 Å². The average Bonchev–Trinajstić information content (AvgIpc) is 3.03. The van der Waals surface area contributed by atoms with Crippen molar-refractivity contribution < 1.29 is 19.8 Å². The van der Waals surface area contributed by atoms with Crippen molar-refractivity contribution in [3.8, 4) is 5.69 Å². The molecule has 0 aromatic carbocycles. The summed E-state index contributed by atoms with van der Waals surface area (Å²) in [6.07, 6.45) is 3.58. The zero-order valence-electron chi connectivity index (χ0n) is 9.81. The monoisotopic (exact) mass is 280 g/mol. The summed E-state index contributed by atoms with van der Waals surface area (Å²) >= 11 is 1.21. The smallest absolute Gasteiger partial charge is 0.328 e. The number of carboxylic acids is 1. The van der Waals surface area contributed by atoms with E-state index in [0.29, 0.717) is 10.6 Å². The first-order valence-corrected chi connectivity index (χ1v) is 6.37. The van der Waals surface area contributed by atoms with Crippen molar-refractivity contribution in [2.75, 3.05) is 6.61 Å². The van der Waals surface area contributed by atoms with E-state index in [1.54, 1.807) is 28.4 Å². The zero-order chi connectivity index (χ0) is 13.8. The van der Waals surface area contributed by atoms with Crippen molar-refractivity contribution in [1.29, 1.82) is 0 Å². The number of amides is 1. The van der Waals surface area contributed by atoms with Crippen LogP contribution in [-0.4, -0.2) is 39.3 Å². The van der Waals surface area contributed by atoms with E-state index in [1.165, 1.54) is 11.3 Å². The van der Waals surface area contributed by atoms with Gasteiger partial charge in [-0.1, -0.05) is 0 Å². The molecule has 2 rings (SSSR count). The first kappa shape index (κ1) is 13.3. The van der Waals surface area contributed by atoms with Gasteiger partial charge in [0.15, 0.2) is 6.04 Å². The molecule has 0 aliphatic rings. The molecule has 0 radical (unpaired) electrons. The molecule has 0 aliphatic heterocycles. The van der Waals surface area contributed by atoms with Gasteiger partial charge in [-0.15, -0.1) is 11.3 Å². The van der Waals surface area contributed by atoms with Crippen LogP contribution in [0.2, 0.25) is 0 Å². The van der Waals surface area contributed by atoms with Crippen LogP contribution in [0.4, 0.5) is 0 Å². The highest BCUT2D eigenvalue weighted by molar-refractivity contribution is 7.12. The summed E-state index contributed by atoms with van der Waals surface area (Å²) in [5, 5.41) is 21.7. The van der Waals surface area contributed by atoms with Crippen LogP contribution in [0.5, 0.6) is 0 Å². The molecule has 19 heavy (non-hydrogen) atoms. The zero-order valence-corrected chi connectivity index (χ0v) is 10.6. The molecule has 100 valence electrons. The fourth-order valence-corrected chi connectivity index (χ4v) is 2.37. The number of aliphatic carboxylic acids is 1. The molecule has 0 spiro atoms. The van der Waals surface area contributed by atoms with E-state index >= 15 is 0 Å². The molecule has 2 aromatic heterocycles. The average molecular weight is 280 g/mol. The van der Waals surface area contributed by atoms with Gasteiger partial charge in [0.25, 0.3) is 5.91 Å². The highest BCUT2D eigenvalue weighted by Gasteiger charge is 2.22. The van der Waals surface area contributed by atoms with Crippen LogP contribution >= 0.6 is 11.3 Å². The summed E-state index contributed by atoms with van der Waals surface area (Å²) in [6, 6.07) is 4.13. The molecule has 6 nitrogen and oxygen atoms in total. The van der Waals surface area contributed by atoms with Crippen molar-refractivity contribution in [2.24, 2.45) is 0 Å². The molecular weight excluding hydrogens is 268 g/mol. The number of aromatic nitrogens is 1. The summed E-state index contributed by atoms with van der Waals surface area (Å²) < 4.78 is 1.76. The summed E-state index contributed by atoms with van der Waals surface area (Å²) in [5.74, 6) is -1.78. The van der Waals surface area contributed by atoms with Gasteiger partial charge in [-0.3, -0.25) is 4.79 Å². The maximum absolute atomic E-state index is 12.0. The van der Waals surface area contributed by atoms with Gasteiger partial charge in [-0.05, 0) is 23.6 Å². The molecule has 3 N–H and O–H groups in total. The maximum atomic E-state index is 12.0. The Morgan fingerprint density at radius 2 is 2.05 bits per heavy atom. The van der Waals surface area contributed by atoms with Gasteiger partial charge in [-0.25, -0.2) is 4.79 Å². The van der Waals surface area contributed by atoms with E-state index in [1.807, 2.05) is 12.1 Å². The van der Waals surface area contributed by atoms with Crippen LogP contribution in [-0.2, 0) is 4.79 Å². The largest absolute Gasteiger partial charge is 0.480 e. The van der Waals surface area contributed by atoms with Crippen molar-refractivity contribution >= 4 is 23.2 Å². The van der Waals surface area contributed by atoms with Crippen LogP contribution in [0.1, 0.15) is 9.67 Å². The predicted octanol–water partition coefficient (Wildman–Crippen LogP) is 0.714.